The van der Waals surface area contributed by atoms with Gasteiger partial charge in [-0.3, -0.25) is 15.5 Å². The highest BCUT2D eigenvalue weighted by Crippen LogP contribution is 2.29. The molecular formula is C21H30N4O3. The van der Waals surface area contributed by atoms with E-state index in [4.69, 9.17) is 10.5 Å². The molecule has 2 heterocycles. The zero-order valence-electron chi connectivity index (χ0n) is 16.8. The molecule has 7 heteroatoms. The van der Waals surface area contributed by atoms with Crippen molar-refractivity contribution in [3.8, 4) is 5.75 Å². The van der Waals surface area contributed by atoms with Crippen LogP contribution in [0.15, 0.2) is 42.6 Å². The molecule has 2 atom stereocenters. The van der Waals surface area contributed by atoms with Crippen LogP contribution in [0.3, 0.4) is 0 Å². The van der Waals surface area contributed by atoms with E-state index < -0.39 is 6.23 Å². The van der Waals surface area contributed by atoms with Gasteiger partial charge < -0.3 is 20.1 Å². The summed E-state index contributed by atoms with van der Waals surface area (Å²) in [4.78, 5) is 18.0. The number of carbonyl (C=O) groups excluding carboxylic acids is 1. The number of hydrogen-bond acceptors (Lipinski definition) is 6. The molecule has 1 aromatic heterocycles. The van der Waals surface area contributed by atoms with Crippen LogP contribution in [0.2, 0.25) is 0 Å². The van der Waals surface area contributed by atoms with Crippen LogP contribution in [-0.2, 0) is 11.2 Å². The van der Waals surface area contributed by atoms with Crippen molar-refractivity contribution in [2.24, 2.45) is 5.73 Å². The zero-order chi connectivity index (χ0) is 20.5. The van der Waals surface area contributed by atoms with Crippen LogP contribution < -0.4 is 20.7 Å². The normalized spacial score (nSPS) is 17.2. The second-order valence-corrected chi connectivity index (χ2v) is 6.80. The molecule has 0 fully saturated rings. The Bertz CT molecular complexity index is 755. The largest absolute Gasteiger partial charge is 0.470 e. The molecule has 0 radical (unpaired) electrons. The summed E-state index contributed by atoms with van der Waals surface area (Å²) in [5.41, 5.74) is 8.62. The minimum atomic E-state index is -0.674. The van der Waals surface area contributed by atoms with Crippen LogP contribution in [0.25, 0.3) is 0 Å². The molecule has 2 unspecified atom stereocenters. The lowest BCUT2D eigenvalue weighted by molar-refractivity contribution is -0.120. The molecule has 0 aliphatic carbocycles. The maximum absolute atomic E-state index is 11.9. The second-order valence-electron chi connectivity index (χ2n) is 6.80. The molecule has 2 aromatic rings. The lowest BCUT2D eigenvalue weighted by Gasteiger charge is -2.29. The van der Waals surface area contributed by atoms with Gasteiger partial charge in [0.1, 0.15) is 5.75 Å². The number of aromatic nitrogens is 1. The van der Waals surface area contributed by atoms with Gasteiger partial charge in [-0.15, -0.1) is 0 Å². The van der Waals surface area contributed by atoms with Crippen LogP contribution in [0, 0.1) is 0 Å². The molecule has 1 amide bonds. The van der Waals surface area contributed by atoms with E-state index in [-0.39, 0.29) is 25.1 Å². The highest BCUT2D eigenvalue weighted by atomic mass is 16.5. The Morgan fingerprint density at radius 2 is 2.11 bits per heavy atom. The number of ether oxygens (including phenoxy) is 1. The monoisotopic (exact) mass is 386 g/mol. The van der Waals surface area contributed by atoms with Gasteiger partial charge in [0, 0.05) is 25.0 Å². The molecule has 3 rings (SSSR count). The number of hydrogen-bond donors (Lipinski definition) is 3. The predicted molar refractivity (Wildman–Crippen MR) is 110 cm³/mol. The van der Waals surface area contributed by atoms with Gasteiger partial charge in [0.15, 0.2) is 6.23 Å². The first-order chi connectivity index (χ1) is 13.5. The number of carbonyl (C=O) groups is 1. The third-order valence-corrected chi connectivity index (χ3v) is 4.14. The number of pyridine rings is 1. The summed E-state index contributed by atoms with van der Waals surface area (Å²) in [5.74, 6) is 0.481. The topological polar surface area (TPSA) is 101 Å². The number of anilines is 1. The average molecular weight is 386 g/mol. The summed E-state index contributed by atoms with van der Waals surface area (Å²) in [5, 5.41) is 12.3. The summed E-state index contributed by atoms with van der Waals surface area (Å²) < 4.78 is 5.81. The lowest BCUT2D eigenvalue weighted by Crippen LogP contribution is -2.46. The number of aliphatic hydroxyl groups is 1. The number of nitrogens with one attached hydrogen (secondary N) is 1. The van der Waals surface area contributed by atoms with Crippen molar-refractivity contribution in [3.63, 3.8) is 0 Å². The SMILES string of the molecule is CCC.CN1CC(=O)NC(CO)Cc2ccc(OC(N)c3ccccn3)cc21. The Labute approximate surface area is 166 Å². The molecule has 152 valence electrons. The molecule has 1 aromatic carbocycles. The van der Waals surface area contributed by atoms with Gasteiger partial charge in [0.2, 0.25) is 5.91 Å². The van der Waals surface area contributed by atoms with Crippen LogP contribution in [0.1, 0.15) is 37.8 Å². The maximum Gasteiger partial charge on any atom is 0.239 e. The molecule has 0 saturated heterocycles. The third kappa shape index (κ3) is 5.94. The first-order valence-corrected chi connectivity index (χ1v) is 9.55. The van der Waals surface area contributed by atoms with E-state index in [9.17, 15) is 9.90 Å². The zero-order valence-corrected chi connectivity index (χ0v) is 16.8. The fourth-order valence-corrected chi connectivity index (χ4v) is 2.90. The fourth-order valence-electron chi connectivity index (χ4n) is 2.90. The molecule has 0 spiro atoms. The van der Waals surface area contributed by atoms with E-state index in [0.717, 1.165) is 11.3 Å². The summed E-state index contributed by atoms with van der Waals surface area (Å²) >= 11 is 0. The minimum Gasteiger partial charge on any atom is -0.470 e. The summed E-state index contributed by atoms with van der Waals surface area (Å²) in [6, 6.07) is 10.8. The number of nitrogens with two attached hydrogens (primary N) is 1. The Kier molecular flexibility index (Phi) is 8.22. The third-order valence-electron chi connectivity index (χ3n) is 4.14. The Balaban J connectivity index is 0.000000878. The molecule has 4 N–H and O–H groups in total. The maximum atomic E-state index is 11.9. The number of rotatable bonds is 4. The van der Waals surface area contributed by atoms with Crippen molar-refractivity contribution in [2.45, 2.75) is 39.0 Å². The molecule has 28 heavy (non-hydrogen) atoms. The van der Waals surface area contributed by atoms with Crippen LogP contribution in [0.4, 0.5) is 5.69 Å². The summed E-state index contributed by atoms with van der Waals surface area (Å²) in [7, 11) is 1.85. The quantitative estimate of drug-likeness (QED) is 0.695. The number of likely N-dealkylation sites (N-methyl/N-ethyl adjacent to an activating group) is 1. The van der Waals surface area contributed by atoms with E-state index in [0.29, 0.717) is 17.9 Å². The highest BCUT2D eigenvalue weighted by Gasteiger charge is 2.22. The van der Waals surface area contributed by atoms with Crippen LogP contribution in [0.5, 0.6) is 5.75 Å². The van der Waals surface area contributed by atoms with Gasteiger partial charge in [-0.1, -0.05) is 32.4 Å². The van der Waals surface area contributed by atoms with Gasteiger partial charge >= 0.3 is 0 Å². The lowest BCUT2D eigenvalue weighted by atomic mass is 10.0. The van der Waals surface area contributed by atoms with Gasteiger partial charge in [-0.05, 0) is 30.2 Å². The molecule has 7 nitrogen and oxygen atoms in total. The molecule has 1 aliphatic heterocycles. The second kappa shape index (κ2) is 10.6. The van der Waals surface area contributed by atoms with E-state index in [2.05, 4.69) is 24.1 Å². The minimum absolute atomic E-state index is 0.0995. The van der Waals surface area contributed by atoms with E-state index in [1.165, 1.54) is 6.42 Å². The van der Waals surface area contributed by atoms with Crippen molar-refractivity contribution < 1.29 is 14.6 Å². The number of amides is 1. The highest BCUT2D eigenvalue weighted by molar-refractivity contribution is 5.82. The number of aliphatic hydroxyl groups excluding tert-OH is 1. The van der Waals surface area contributed by atoms with E-state index in [1.54, 1.807) is 12.3 Å². The summed E-state index contributed by atoms with van der Waals surface area (Å²) in [6.07, 6.45) is 2.79. The van der Waals surface area contributed by atoms with Crippen molar-refractivity contribution in [1.82, 2.24) is 10.3 Å². The Hall–Kier alpha value is -2.64. The van der Waals surface area contributed by atoms with Gasteiger partial charge in [0.05, 0.1) is 24.9 Å². The first kappa shape index (κ1) is 21.7. The van der Waals surface area contributed by atoms with Crippen molar-refractivity contribution >= 4 is 11.6 Å². The molecule has 1 aliphatic rings. The Morgan fingerprint density at radius 3 is 2.75 bits per heavy atom. The fraction of sp³-hybridized carbons (Fsp3) is 0.429. The van der Waals surface area contributed by atoms with Crippen molar-refractivity contribution in [2.75, 3.05) is 25.1 Å². The number of nitrogens with zero attached hydrogens (tertiary/aromatic N) is 2. The number of benzene rings is 1. The smallest absolute Gasteiger partial charge is 0.239 e. The van der Waals surface area contributed by atoms with E-state index in [1.807, 2.05) is 42.3 Å². The van der Waals surface area contributed by atoms with Crippen molar-refractivity contribution in [1.29, 1.82) is 0 Å². The van der Waals surface area contributed by atoms with Crippen LogP contribution >= 0.6 is 0 Å². The summed E-state index contributed by atoms with van der Waals surface area (Å²) in [6.45, 7) is 4.36. The standard InChI is InChI=1S/C18H22N4O3.C3H8/c1-22-10-17(24)21-13(11-23)8-12-5-6-14(9-16(12)22)25-18(19)15-4-2-3-7-20-15;1-3-2/h2-7,9,13,18,23H,8,10-11,19H2,1H3,(H,21,24);3H2,1-2H3. The van der Waals surface area contributed by atoms with Gasteiger partial charge in [-0.2, -0.15) is 0 Å². The molecule has 0 saturated carbocycles. The van der Waals surface area contributed by atoms with Gasteiger partial charge in [0.25, 0.3) is 0 Å². The predicted octanol–water partition coefficient (Wildman–Crippen LogP) is 2.00. The average Bonchev–Trinajstić information content (AvgIpc) is 2.68. The van der Waals surface area contributed by atoms with E-state index >= 15 is 0 Å². The van der Waals surface area contributed by atoms with Gasteiger partial charge in [-0.25, -0.2) is 0 Å². The molecule has 0 bridgehead atoms. The number of fused-ring (bicyclic) bond motifs is 1. The Morgan fingerprint density at radius 1 is 1.36 bits per heavy atom. The van der Waals surface area contributed by atoms with Crippen LogP contribution in [-0.4, -0.2) is 42.2 Å². The molecular weight excluding hydrogens is 356 g/mol. The first-order valence-electron chi connectivity index (χ1n) is 9.55. The van der Waals surface area contributed by atoms with Crippen molar-refractivity contribution in [3.05, 3.63) is 53.9 Å².